The zero-order valence-corrected chi connectivity index (χ0v) is 16.3. The zero-order valence-electron chi connectivity index (χ0n) is 16.3. The van der Waals surface area contributed by atoms with E-state index in [2.05, 4.69) is 64.1 Å². The van der Waals surface area contributed by atoms with Crippen LogP contribution in [0.1, 0.15) is 48.3 Å². The first-order chi connectivity index (χ1) is 13.1. The molecule has 0 radical (unpaired) electrons. The van der Waals surface area contributed by atoms with Gasteiger partial charge in [-0.05, 0) is 51.9 Å². The number of rotatable bonds is 8. The van der Waals surface area contributed by atoms with Gasteiger partial charge in [-0.1, -0.05) is 35.5 Å². The molecule has 0 aliphatic carbocycles. The van der Waals surface area contributed by atoms with Crippen LogP contribution in [0.2, 0.25) is 0 Å². The normalized spacial score (nSPS) is 16.4. The van der Waals surface area contributed by atoms with Crippen LogP contribution in [0.25, 0.3) is 0 Å². The second-order valence-electron chi connectivity index (χ2n) is 7.36. The molecule has 1 unspecified atom stereocenters. The molecule has 1 atom stereocenters. The molecule has 7 nitrogen and oxygen atoms in total. The third-order valence-corrected chi connectivity index (χ3v) is 5.30. The molecule has 0 saturated carbocycles. The number of nitrogens with one attached hydrogen (secondary N) is 2. The topological polar surface area (TPSA) is 75.1 Å². The SMILES string of the molecule is CC(CCNC(=O)c1cn(C2CCNCC2)nn1)N(C)Cc1ccccc1. The molecule has 1 aromatic carbocycles. The van der Waals surface area contributed by atoms with E-state index in [1.54, 1.807) is 6.20 Å². The summed E-state index contributed by atoms with van der Waals surface area (Å²) in [6.45, 7) is 5.68. The second-order valence-corrected chi connectivity index (χ2v) is 7.36. The minimum atomic E-state index is -0.145. The Kier molecular flexibility index (Phi) is 6.95. The van der Waals surface area contributed by atoms with Crippen LogP contribution in [0.4, 0.5) is 0 Å². The molecule has 1 aromatic heterocycles. The molecule has 1 saturated heterocycles. The van der Waals surface area contributed by atoms with E-state index in [1.165, 1.54) is 5.56 Å². The van der Waals surface area contributed by atoms with E-state index in [4.69, 9.17) is 0 Å². The maximum Gasteiger partial charge on any atom is 0.273 e. The predicted molar refractivity (Wildman–Crippen MR) is 105 cm³/mol. The van der Waals surface area contributed by atoms with Gasteiger partial charge >= 0.3 is 0 Å². The van der Waals surface area contributed by atoms with Gasteiger partial charge in [0.05, 0.1) is 12.2 Å². The highest BCUT2D eigenvalue weighted by Gasteiger charge is 2.19. The van der Waals surface area contributed by atoms with E-state index in [0.29, 0.717) is 24.3 Å². The molecule has 2 heterocycles. The molecule has 2 N–H and O–H groups in total. The van der Waals surface area contributed by atoms with Crippen molar-refractivity contribution in [1.82, 2.24) is 30.5 Å². The summed E-state index contributed by atoms with van der Waals surface area (Å²) in [7, 11) is 2.12. The summed E-state index contributed by atoms with van der Waals surface area (Å²) in [6, 6.07) is 11.1. The predicted octanol–water partition coefficient (Wildman–Crippen LogP) is 1.84. The van der Waals surface area contributed by atoms with Crippen molar-refractivity contribution in [2.45, 2.75) is 44.8 Å². The second kappa shape index (κ2) is 9.62. The molecular formula is C20H30N6O. The lowest BCUT2D eigenvalue weighted by Crippen LogP contribution is -2.33. The fraction of sp³-hybridized carbons (Fsp3) is 0.550. The molecule has 1 aliphatic heterocycles. The fourth-order valence-corrected chi connectivity index (χ4v) is 3.36. The van der Waals surface area contributed by atoms with E-state index in [1.807, 2.05) is 10.7 Å². The van der Waals surface area contributed by atoms with E-state index < -0.39 is 0 Å². The van der Waals surface area contributed by atoms with Crippen LogP contribution in [0, 0.1) is 0 Å². The van der Waals surface area contributed by atoms with Crippen LogP contribution in [-0.4, -0.2) is 58.5 Å². The van der Waals surface area contributed by atoms with Gasteiger partial charge in [-0.2, -0.15) is 0 Å². The molecule has 3 rings (SSSR count). The van der Waals surface area contributed by atoms with Gasteiger partial charge < -0.3 is 10.6 Å². The highest BCUT2D eigenvalue weighted by Crippen LogP contribution is 2.17. The van der Waals surface area contributed by atoms with Gasteiger partial charge in [-0.15, -0.1) is 5.10 Å². The number of aromatic nitrogens is 3. The lowest BCUT2D eigenvalue weighted by molar-refractivity contribution is 0.0944. The smallest absolute Gasteiger partial charge is 0.273 e. The van der Waals surface area contributed by atoms with Crippen LogP contribution in [0.3, 0.4) is 0 Å². The maximum atomic E-state index is 12.3. The van der Waals surface area contributed by atoms with Crippen molar-refractivity contribution >= 4 is 5.91 Å². The lowest BCUT2D eigenvalue weighted by Gasteiger charge is -2.24. The summed E-state index contributed by atoms with van der Waals surface area (Å²) < 4.78 is 1.84. The van der Waals surface area contributed by atoms with E-state index >= 15 is 0 Å². The molecular weight excluding hydrogens is 340 g/mol. The fourth-order valence-electron chi connectivity index (χ4n) is 3.36. The van der Waals surface area contributed by atoms with Crippen molar-refractivity contribution in [1.29, 1.82) is 0 Å². The first kappa shape index (κ1) is 19.5. The summed E-state index contributed by atoms with van der Waals surface area (Å²) >= 11 is 0. The standard InChI is InChI=1S/C20H30N6O/c1-16(25(2)14-17-6-4-3-5-7-17)8-13-22-20(27)19-15-26(24-23-19)18-9-11-21-12-10-18/h3-7,15-16,18,21H,8-14H2,1-2H3,(H,22,27). The number of nitrogens with zero attached hydrogens (tertiary/aromatic N) is 4. The van der Waals surface area contributed by atoms with Gasteiger partial charge in [0.15, 0.2) is 5.69 Å². The van der Waals surface area contributed by atoms with E-state index in [9.17, 15) is 4.79 Å². The Bertz CT molecular complexity index is 710. The molecule has 27 heavy (non-hydrogen) atoms. The molecule has 1 amide bonds. The van der Waals surface area contributed by atoms with Gasteiger partial charge in [-0.25, -0.2) is 4.68 Å². The Labute approximate surface area is 161 Å². The summed E-state index contributed by atoms with van der Waals surface area (Å²) in [5.41, 5.74) is 1.70. The molecule has 1 fully saturated rings. The molecule has 0 bridgehead atoms. The highest BCUT2D eigenvalue weighted by atomic mass is 16.2. The zero-order chi connectivity index (χ0) is 19.1. The lowest BCUT2D eigenvalue weighted by atomic mass is 10.1. The van der Waals surface area contributed by atoms with Crippen LogP contribution < -0.4 is 10.6 Å². The number of hydrogen-bond donors (Lipinski definition) is 2. The van der Waals surface area contributed by atoms with Crippen molar-refractivity contribution in [3.8, 4) is 0 Å². The number of amides is 1. The Balaban J connectivity index is 1.41. The monoisotopic (exact) mass is 370 g/mol. The van der Waals surface area contributed by atoms with Gasteiger partial charge in [-0.3, -0.25) is 9.69 Å². The summed E-state index contributed by atoms with van der Waals surface area (Å²) in [4.78, 5) is 14.6. The quantitative estimate of drug-likeness (QED) is 0.742. The van der Waals surface area contributed by atoms with E-state index in [-0.39, 0.29) is 5.91 Å². The van der Waals surface area contributed by atoms with Crippen molar-refractivity contribution < 1.29 is 4.79 Å². The number of piperidine rings is 1. The van der Waals surface area contributed by atoms with Crippen LogP contribution >= 0.6 is 0 Å². The van der Waals surface area contributed by atoms with Gasteiger partial charge in [0, 0.05) is 19.1 Å². The maximum absolute atomic E-state index is 12.3. The Hall–Kier alpha value is -2.25. The average Bonchev–Trinajstić information content (AvgIpc) is 3.19. The summed E-state index contributed by atoms with van der Waals surface area (Å²) in [5.74, 6) is -0.145. The van der Waals surface area contributed by atoms with Crippen molar-refractivity contribution in [2.75, 3.05) is 26.7 Å². The van der Waals surface area contributed by atoms with Crippen molar-refractivity contribution in [3.05, 3.63) is 47.8 Å². The first-order valence-electron chi connectivity index (χ1n) is 9.78. The average molecular weight is 371 g/mol. The Morgan fingerprint density at radius 2 is 2.07 bits per heavy atom. The summed E-state index contributed by atoms with van der Waals surface area (Å²) in [6.07, 6.45) is 4.71. The van der Waals surface area contributed by atoms with Crippen molar-refractivity contribution in [3.63, 3.8) is 0 Å². The van der Waals surface area contributed by atoms with Gasteiger partial charge in [0.2, 0.25) is 0 Å². The minimum Gasteiger partial charge on any atom is -0.351 e. The highest BCUT2D eigenvalue weighted by molar-refractivity contribution is 5.91. The van der Waals surface area contributed by atoms with Crippen molar-refractivity contribution in [2.24, 2.45) is 0 Å². The molecule has 0 spiro atoms. The Morgan fingerprint density at radius 3 is 2.81 bits per heavy atom. The van der Waals surface area contributed by atoms with Gasteiger partial charge in [0.25, 0.3) is 5.91 Å². The molecule has 1 aliphatic rings. The minimum absolute atomic E-state index is 0.145. The molecule has 2 aromatic rings. The number of hydrogen-bond acceptors (Lipinski definition) is 5. The number of benzene rings is 1. The molecule has 7 heteroatoms. The van der Waals surface area contributed by atoms with Crippen LogP contribution in [0.15, 0.2) is 36.5 Å². The van der Waals surface area contributed by atoms with Crippen LogP contribution in [0.5, 0.6) is 0 Å². The number of carbonyl (C=O) groups is 1. The summed E-state index contributed by atoms with van der Waals surface area (Å²) in [5, 5.41) is 14.5. The third kappa shape index (κ3) is 5.61. The Morgan fingerprint density at radius 1 is 1.33 bits per heavy atom. The molecule has 146 valence electrons. The van der Waals surface area contributed by atoms with E-state index in [0.717, 1.165) is 38.9 Å². The number of carbonyl (C=O) groups excluding carboxylic acids is 1. The van der Waals surface area contributed by atoms with Gasteiger partial charge in [0.1, 0.15) is 0 Å². The third-order valence-electron chi connectivity index (χ3n) is 5.30. The largest absolute Gasteiger partial charge is 0.351 e. The first-order valence-corrected chi connectivity index (χ1v) is 9.78. The van der Waals surface area contributed by atoms with Crippen LogP contribution in [-0.2, 0) is 6.54 Å².